The molecule has 2 N–H and O–H groups in total. The van der Waals surface area contributed by atoms with Crippen molar-refractivity contribution in [3.8, 4) is 11.3 Å². The first-order chi connectivity index (χ1) is 20.0. The molecule has 6 rings (SSSR count). The minimum atomic E-state index is -0.0636. The fraction of sp³-hybridized carbons (Fsp3) is 0.333. The molecule has 1 atom stereocenters. The highest BCUT2D eigenvalue weighted by atomic mass is 32.1. The van der Waals surface area contributed by atoms with Crippen molar-refractivity contribution in [3.63, 3.8) is 0 Å². The number of nitrogens with one attached hydrogen (secondary N) is 2. The van der Waals surface area contributed by atoms with Crippen molar-refractivity contribution in [2.45, 2.75) is 64.8 Å². The molecule has 1 saturated heterocycles. The fourth-order valence-corrected chi connectivity index (χ4v) is 6.94. The number of hydrogen-bond donors (Lipinski definition) is 2. The zero-order chi connectivity index (χ0) is 28.3. The largest absolute Gasteiger partial charge is 0.336 e. The van der Waals surface area contributed by atoms with Crippen LogP contribution in [-0.2, 0) is 12.8 Å². The molecule has 1 unspecified atom stereocenters. The van der Waals surface area contributed by atoms with Crippen LogP contribution in [0.25, 0.3) is 11.3 Å². The molecule has 1 fully saturated rings. The first kappa shape index (κ1) is 27.1. The quantitative estimate of drug-likeness (QED) is 0.254. The minimum Gasteiger partial charge on any atom is -0.336 e. The molecule has 4 aromatic rings. The predicted octanol–water partition coefficient (Wildman–Crippen LogP) is 7.40. The number of carbonyl (C=O) groups excluding carboxylic acids is 2. The van der Waals surface area contributed by atoms with Gasteiger partial charge in [0, 0.05) is 46.2 Å². The highest BCUT2D eigenvalue weighted by Crippen LogP contribution is 2.32. The summed E-state index contributed by atoms with van der Waals surface area (Å²) in [6.07, 6.45) is 9.57. The lowest BCUT2D eigenvalue weighted by molar-refractivity contribution is 0.0635. The number of nitrogens with zero attached hydrogens (tertiary/aromatic N) is 3. The number of aryl methyl sites for hydroxylation is 2. The van der Waals surface area contributed by atoms with Crippen molar-refractivity contribution in [2.24, 2.45) is 0 Å². The molecule has 2 amide bonds. The molecule has 1 aliphatic heterocycles. The van der Waals surface area contributed by atoms with Gasteiger partial charge in [0.1, 0.15) is 0 Å². The van der Waals surface area contributed by atoms with E-state index in [1.807, 2.05) is 60.4 Å². The first-order valence-electron chi connectivity index (χ1n) is 14.5. The Morgan fingerprint density at radius 1 is 1.00 bits per heavy atom. The van der Waals surface area contributed by atoms with Gasteiger partial charge in [-0.2, -0.15) is 0 Å². The Kier molecular flexibility index (Phi) is 7.83. The standard InChI is InChI=1S/C33H35N5O2S/c1-21-8-5-6-19-38(21)32(40)23-13-15-25(16-14-23)35-33-34-18-17-28(37-33)26-10-7-11-27(22(26)2)36-31(39)30-20-24-9-3-4-12-29(24)41-30/h7,10-11,13-18,20-21H,3-6,8-9,12,19H2,1-2H3,(H,36,39)(H,34,35,37). The summed E-state index contributed by atoms with van der Waals surface area (Å²) in [6.45, 7) is 4.94. The van der Waals surface area contributed by atoms with Gasteiger partial charge in [-0.15, -0.1) is 11.3 Å². The molecule has 0 radical (unpaired) electrons. The lowest BCUT2D eigenvalue weighted by atomic mass is 9.99. The average molecular weight is 566 g/mol. The van der Waals surface area contributed by atoms with Gasteiger partial charge in [-0.05, 0) is 112 Å². The second kappa shape index (κ2) is 11.8. The Labute approximate surface area is 245 Å². The average Bonchev–Trinajstić information content (AvgIpc) is 3.44. The van der Waals surface area contributed by atoms with Crippen molar-refractivity contribution in [1.82, 2.24) is 14.9 Å². The SMILES string of the molecule is Cc1c(NC(=O)c2cc3c(s2)CCCC3)cccc1-c1ccnc(Nc2ccc(C(=O)N3CCCCC3C)cc2)n1. The van der Waals surface area contributed by atoms with E-state index >= 15 is 0 Å². The van der Waals surface area contributed by atoms with E-state index in [0.717, 1.165) is 65.3 Å². The Morgan fingerprint density at radius 3 is 2.63 bits per heavy atom. The summed E-state index contributed by atoms with van der Waals surface area (Å²) in [5.41, 5.74) is 6.23. The molecule has 2 aromatic heterocycles. The normalized spacial score (nSPS) is 16.6. The number of piperidine rings is 1. The summed E-state index contributed by atoms with van der Waals surface area (Å²) in [7, 11) is 0. The van der Waals surface area contributed by atoms with Crippen molar-refractivity contribution < 1.29 is 9.59 Å². The fourth-order valence-electron chi connectivity index (χ4n) is 5.79. The van der Waals surface area contributed by atoms with E-state index in [2.05, 4.69) is 28.6 Å². The van der Waals surface area contributed by atoms with Crippen LogP contribution in [0.2, 0.25) is 0 Å². The first-order valence-corrected chi connectivity index (χ1v) is 15.3. The van der Waals surface area contributed by atoms with E-state index in [-0.39, 0.29) is 17.9 Å². The molecule has 0 saturated carbocycles. The Morgan fingerprint density at radius 2 is 1.83 bits per heavy atom. The molecule has 2 aliphatic rings. The zero-order valence-electron chi connectivity index (χ0n) is 23.6. The minimum absolute atomic E-state index is 0.0636. The van der Waals surface area contributed by atoms with Crippen molar-refractivity contribution >= 4 is 40.5 Å². The van der Waals surface area contributed by atoms with Gasteiger partial charge in [-0.1, -0.05) is 12.1 Å². The van der Waals surface area contributed by atoms with Crippen LogP contribution in [-0.4, -0.2) is 39.3 Å². The van der Waals surface area contributed by atoms with Crippen molar-refractivity contribution in [1.29, 1.82) is 0 Å². The van der Waals surface area contributed by atoms with E-state index in [1.165, 1.54) is 29.7 Å². The molecule has 7 nitrogen and oxygen atoms in total. The third-order valence-electron chi connectivity index (χ3n) is 8.19. The summed E-state index contributed by atoms with van der Waals surface area (Å²) in [6, 6.07) is 17.6. The summed E-state index contributed by atoms with van der Waals surface area (Å²) in [5.74, 6) is 0.485. The summed E-state index contributed by atoms with van der Waals surface area (Å²) >= 11 is 1.62. The third kappa shape index (κ3) is 5.88. The molecule has 41 heavy (non-hydrogen) atoms. The molecule has 0 bridgehead atoms. The van der Waals surface area contributed by atoms with Crippen LogP contribution in [0.15, 0.2) is 60.8 Å². The van der Waals surface area contributed by atoms with Gasteiger partial charge in [0.2, 0.25) is 5.95 Å². The molecule has 3 heterocycles. The van der Waals surface area contributed by atoms with E-state index in [9.17, 15) is 9.59 Å². The van der Waals surface area contributed by atoms with Crippen LogP contribution in [0.5, 0.6) is 0 Å². The molecule has 8 heteroatoms. The number of likely N-dealkylation sites (tertiary alicyclic amines) is 1. The number of amides is 2. The highest BCUT2D eigenvalue weighted by molar-refractivity contribution is 7.14. The topological polar surface area (TPSA) is 87.2 Å². The van der Waals surface area contributed by atoms with Crippen LogP contribution in [0.3, 0.4) is 0 Å². The number of aromatic nitrogens is 2. The Balaban J connectivity index is 1.16. The maximum Gasteiger partial charge on any atom is 0.265 e. The number of hydrogen-bond acceptors (Lipinski definition) is 6. The van der Waals surface area contributed by atoms with Gasteiger partial charge in [0.05, 0.1) is 10.6 Å². The van der Waals surface area contributed by atoms with E-state index in [0.29, 0.717) is 11.5 Å². The van der Waals surface area contributed by atoms with Crippen molar-refractivity contribution in [3.05, 3.63) is 87.2 Å². The third-order valence-corrected chi connectivity index (χ3v) is 9.42. The lowest BCUT2D eigenvalue weighted by Crippen LogP contribution is -2.41. The molecule has 210 valence electrons. The van der Waals surface area contributed by atoms with Crippen LogP contribution in [0.1, 0.15) is 75.1 Å². The van der Waals surface area contributed by atoms with Gasteiger partial charge >= 0.3 is 0 Å². The second-order valence-corrected chi connectivity index (χ2v) is 12.1. The molecule has 2 aromatic carbocycles. The summed E-state index contributed by atoms with van der Waals surface area (Å²) in [5, 5.41) is 6.39. The maximum absolute atomic E-state index is 13.1. The van der Waals surface area contributed by atoms with Gasteiger partial charge in [-0.3, -0.25) is 9.59 Å². The van der Waals surface area contributed by atoms with E-state index in [4.69, 9.17) is 4.98 Å². The zero-order valence-corrected chi connectivity index (χ0v) is 24.4. The van der Waals surface area contributed by atoms with Crippen LogP contribution in [0.4, 0.5) is 17.3 Å². The smallest absolute Gasteiger partial charge is 0.265 e. The number of thiophene rings is 1. The van der Waals surface area contributed by atoms with Crippen molar-refractivity contribution in [2.75, 3.05) is 17.2 Å². The van der Waals surface area contributed by atoms with Crippen LogP contribution < -0.4 is 10.6 Å². The molecule has 0 spiro atoms. The Bertz CT molecular complexity index is 1560. The molecule has 1 aliphatic carbocycles. The van der Waals surface area contributed by atoms with Gasteiger partial charge in [0.15, 0.2) is 0 Å². The summed E-state index contributed by atoms with van der Waals surface area (Å²) in [4.78, 5) is 39.4. The molecular formula is C33H35N5O2S. The summed E-state index contributed by atoms with van der Waals surface area (Å²) < 4.78 is 0. The number of benzene rings is 2. The van der Waals surface area contributed by atoms with E-state index in [1.54, 1.807) is 17.5 Å². The maximum atomic E-state index is 13.1. The van der Waals surface area contributed by atoms with Crippen LogP contribution in [0, 0.1) is 6.92 Å². The predicted molar refractivity (Wildman–Crippen MR) is 165 cm³/mol. The second-order valence-electron chi connectivity index (χ2n) is 11.0. The van der Waals surface area contributed by atoms with E-state index < -0.39 is 0 Å². The number of anilines is 3. The molecular weight excluding hydrogens is 530 g/mol. The number of fused-ring (bicyclic) bond motifs is 1. The van der Waals surface area contributed by atoms with Gasteiger partial charge in [0.25, 0.3) is 11.8 Å². The van der Waals surface area contributed by atoms with Crippen LogP contribution >= 0.6 is 11.3 Å². The lowest BCUT2D eigenvalue weighted by Gasteiger charge is -2.33. The number of carbonyl (C=O) groups is 2. The number of rotatable bonds is 6. The monoisotopic (exact) mass is 565 g/mol. The Hall–Kier alpha value is -4.04. The van der Waals surface area contributed by atoms with Gasteiger partial charge in [-0.25, -0.2) is 9.97 Å². The van der Waals surface area contributed by atoms with Gasteiger partial charge < -0.3 is 15.5 Å². The highest BCUT2D eigenvalue weighted by Gasteiger charge is 2.24.